The van der Waals surface area contributed by atoms with Crippen LogP contribution >= 0.6 is 11.6 Å². The van der Waals surface area contributed by atoms with Crippen molar-refractivity contribution < 1.29 is 15.0 Å². The third kappa shape index (κ3) is 3.71. The molecule has 26 heavy (non-hydrogen) atoms. The quantitative estimate of drug-likeness (QED) is 0.824. The average molecular weight is 381 g/mol. The van der Waals surface area contributed by atoms with Crippen molar-refractivity contribution in [3.8, 4) is 0 Å². The maximum atomic E-state index is 12.9. The summed E-state index contributed by atoms with van der Waals surface area (Å²) >= 11 is 6.44. The van der Waals surface area contributed by atoms with Gasteiger partial charge in [0.25, 0.3) is 5.91 Å². The summed E-state index contributed by atoms with van der Waals surface area (Å²) < 4.78 is 0. The molecule has 2 saturated heterocycles. The maximum absolute atomic E-state index is 12.9. The van der Waals surface area contributed by atoms with Crippen molar-refractivity contribution >= 4 is 23.2 Å². The fraction of sp³-hybridized carbons (Fsp3) is 0.650. The minimum atomic E-state index is -0.704. The molecule has 0 saturated carbocycles. The molecular formula is C20H29ClN2O3. The Morgan fingerprint density at radius 1 is 1.31 bits per heavy atom. The molecule has 0 unspecified atom stereocenters. The van der Waals surface area contributed by atoms with Crippen LogP contribution in [0.15, 0.2) is 18.2 Å². The number of amides is 1. The van der Waals surface area contributed by atoms with Crippen LogP contribution in [0.2, 0.25) is 5.02 Å². The van der Waals surface area contributed by atoms with Crippen molar-refractivity contribution in [1.82, 2.24) is 4.90 Å². The fourth-order valence-corrected chi connectivity index (χ4v) is 4.59. The summed E-state index contributed by atoms with van der Waals surface area (Å²) in [7, 11) is 0. The first-order valence-corrected chi connectivity index (χ1v) is 10.0. The smallest absolute Gasteiger partial charge is 0.253 e. The van der Waals surface area contributed by atoms with Gasteiger partial charge in [0, 0.05) is 37.2 Å². The molecule has 0 bridgehead atoms. The van der Waals surface area contributed by atoms with Gasteiger partial charge < -0.3 is 20.0 Å². The number of carbonyl (C=O) groups excluding carboxylic acids is 1. The van der Waals surface area contributed by atoms with Crippen LogP contribution < -0.4 is 4.90 Å². The molecule has 2 aliphatic rings. The van der Waals surface area contributed by atoms with Gasteiger partial charge in [-0.3, -0.25) is 4.79 Å². The van der Waals surface area contributed by atoms with Crippen LogP contribution in [0.25, 0.3) is 0 Å². The summed E-state index contributed by atoms with van der Waals surface area (Å²) in [6.07, 6.45) is 3.93. The van der Waals surface area contributed by atoms with E-state index in [0.29, 0.717) is 23.6 Å². The Kier molecular flexibility index (Phi) is 6.10. The van der Waals surface area contributed by atoms with Crippen molar-refractivity contribution in [1.29, 1.82) is 0 Å². The van der Waals surface area contributed by atoms with Crippen LogP contribution in [-0.2, 0) is 0 Å². The van der Waals surface area contributed by atoms with E-state index in [4.69, 9.17) is 11.6 Å². The minimum Gasteiger partial charge on any atom is -0.396 e. The monoisotopic (exact) mass is 380 g/mol. The van der Waals surface area contributed by atoms with E-state index in [1.54, 1.807) is 11.0 Å². The van der Waals surface area contributed by atoms with Crippen molar-refractivity contribution in [3.63, 3.8) is 0 Å². The van der Waals surface area contributed by atoms with Gasteiger partial charge in [-0.25, -0.2) is 0 Å². The van der Waals surface area contributed by atoms with Crippen LogP contribution in [-0.4, -0.2) is 59.9 Å². The van der Waals surface area contributed by atoms with E-state index in [9.17, 15) is 15.0 Å². The highest BCUT2D eigenvalue weighted by atomic mass is 35.5. The van der Waals surface area contributed by atoms with Gasteiger partial charge in [0.2, 0.25) is 0 Å². The van der Waals surface area contributed by atoms with Crippen molar-refractivity contribution in [2.24, 2.45) is 5.41 Å². The zero-order chi connectivity index (χ0) is 18.7. The van der Waals surface area contributed by atoms with Gasteiger partial charge in [-0.15, -0.1) is 0 Å². The summed E-state index contributed by atoms with van der Waals surface area (Å²) in [5, 5.41) is 20.9. The van der Waals surface area contributed by atoms with Crippen molar-refractivity contribution in [3.05, 3.63) is 28.8 Å². The van der Waals surface area contributed by atoms with Gasteiger partial charge in [-0.2, -0.15) is 0 Å². The number of benzene rings is 1. The van der Waals surface area contributed by atoms with Crippen molar-refractivity contribution in [2.75, 3.05) is 37.7 Å². The lowest BCUT2D eigenvalue weighted by molar-refractivity contribution is -0.0713. The largest absolute Gasteiger partial charge is 0.396 e. The predicted octanol–water partition coefficient (Wildman–Crippen LogP) is 2.93. The minimum absolute atomic E-state index is 0.0413. The number of aliphatic hydroxyl groups excluding tert-OH is 2. The van der Waals surface area contributed by atoms with Crippen LogP contribution in [0.1, 0.15) is 49.4 Å². The van der Waals surface area contributed by atoms with Crippen LogP contribution in [0.3, 0.4) is 0 Å². The highest BCUT2D eigenvalue weighted by molar-refractivity contribution is 6.33. The number of carbonyl (C=O) groups is 1. The van der Waals surface area contributed by atoms with Crippen LogP contribution in [0, 0.1) is 5.41 Å². The number of nitrogens with zero attached hydrogens (tertiary/aromatic N) is 2. The van der Waals surface area contributed by atoms with Gasteiger partial charge in [-0.1, -0.05) is 24.9 Å². The summed E-state index contributed by atoms with van der Waals surface area (Å²) in [5.41, 5.74) is 1.06. The lowest BCUT2D eigenvalue weighted by Crippen LogP contribution is -2.54. The first-order chi connectivity index (χ1) is 12.5. The Balaban J connectivity index is 1.71. The van der Waals surface area contributed by atoms with E-state index in [0.717, 1.165) is 31.6 Å². The molecule has 2 atom stereocenters. The topological polar surface area (TPSA) is 64.0 Å². The number of anilines is 1. The Labute approximate surface area is 160 Å². The molecule has 1 amide bonds. The molecule has 0 spiro atoms. The molecule has 1 aromatic rings. The van der Waals surface area contributed by atoms with Crippen LogP contribution in [0.5, 0.6) is 0 Å². The zero-order valence-corrected chi connectivity index (χ0v) is 16.2. The van der Waals surface area contributed by atoms with E-state index < -0.39 is 11.5 Å². The number of aliphatic hydroxyl groups is 2. The molecule has 5 nitrogen and oxygen atoms in total. The number of hydrogen-bond acceptors (Lipinski definition) is 4. The van der Waals surface area contributed by atoms with Crippen LogP contribution in [0.4, 0.5) is 5.69 Å². The molecular weight excluding hydrogens is 352 g/mol. The molecule has 1 aromatic carbocycles. The van der Waals surface area contributed by atoms with E-state index in [1.807, 2.05) is 19.1 Å². The van der Waals surface area contributed by atoms with Gasteiger partial charge in [0.05, 0.1) is 23.4 Å². The first kappa shape index (κ1) is 19.5. The molecule has 3 rings (SSSR count). The Bertz CT molecular complexity index is 648. The van der Waals surface area contributed by atoms with Gasteiger partial charge in [0.1, 0.15) is 0 Å². The molecule has 2 heterocycles. The predicted molar refractivity (Wildman–Crippen MR) is 104 cm³/mol. The molecule has 2 aliphatic heterocycles. The fourth-order valence-electron chi connectivity index (χ4n) is 4.29. The van der Waals surface area contributed by atoms with E-state index in [-0.39, 0.29) is 19.1 Å². The summed E-state index contributed by atoms with van der Waals surface area (Å²) in [6, 6.07) is 5.49. The number of rotatable bonds is 5. The second-order valence-corrected chi connectivity index (χ2v) is 8.05. The molecule has 0 aliphatic carbocycles. The Morgan fingerprint density at radius 3 is 2.62 bits per heavy atom. The normalized spacial score (nSPS) is 26.4. The van der Waals surface area contributed by atoms with E-state index in [1.165, 1.54) is 12.8 Å². The molecule has 2 fully saturated rings. The number of piperidine rings is 1. The van der Waals surface area contributed by atoms with E-state index >= 15 is 0 Å². The first-order valence-electron chi connectivity index (χ1n) is 9.63. The standard InChI is InChI=1S/C20H29ClN2O3/c1-2-7-20(14-24)8-11-23(13-18(20)25)19(26)15-5-6-17(16(21)12-15)22-9-3-4-10-22/h5-6,12,18,24-25H,2-4,7-11,13-14H2,1H3/t18-,20+/m0/s1. The maximum Gasteiger partial charge on any atom is 0.253 e. The molecule has 6 heteroatoms. The second kappa shape index (κ2) is 8.15. The highest BCUT2D eigenvalue weighted by Gasteiger charge is 2.42. The Morgan fingerprint density at radius 2 is 2.04 bits per heavy atom. The third-order valence-corrected chi connectivity index (χ3v) is 6.27. The SMILES string of the molecule is CCC[C@]1(CO)CCN(C(=O)c2ccc(N3CCCC3)c(Cl)c2)C[C@@H]1O. The van der Waals surface area contributed by atoms with Gasteiger partial charge in [0.15, 0.2) is 0 Å². The highest BCUT2D eigenvalue weighted by Crippen LogP contribution is 2.37. The lowest BCUT2D eigenvalue weighted by Gasteiger charge is -2.44. The van der Waals surface area contributed by atoms with Gasteiger partial charge >= 0.3 is 0 Å². The van der Waals surface area contributed by atoms with E-state index in [2.05, 4.69) is 4.90 Å². The number of halogens is 1. The molecule has 0 aromatic heterocycles. The summed E-state index contributed by atoms with van der Waals surface area (Å²) in [6.45, 7) is 4.82. The lowest BCUT2D eigenvalue weighted by atomic mass is 9.73. The third-order valence-electron chi connectivity index (χ3n) is 5.97. The van der Waals surface area contributed by atoms with Crippen molar-refractivity contribution in [2.45, 2.75) is 45.1 Å². The number of β-amino-alcohol motifs (C(OH)–C–C–N with tert-alkyl or cyclic N) is 1. The number of hydrogen-bond donors (Lipinski definition) is 2. The average Bonchev–Trinajstić information content (AvgIpc) is 3.17. The number of likely N-dealkylation sites (tertiary alicyclic amines) is 1. The summed E-state index contributed by atoms with van der Waals surface area (Å²) in [4.78, 5) is 16.8. The van der Waals surface area contributed by atoms with Gasteiger partial charge in [-0.05, 0) is 43.9 Å². The molecule has 144 valence electrons. The Hall–Kier alpha value is -1.30. The molecule has 0 radical (unpaired) electrons. The molecule has 2 N–H and O–H groups in total. The zero-order valence-electron chi connectivity index (χ0n) is 15.5. The second-order valence-electron chi connectivity index (χ2n) is 7.65. The summed E-state index contributed by atoms with van der Waals surface area (Å²) in [5.74, 6) is -0.109.